The minimum atomic E-state index is -6.57. The summed E-state index contributed by atoms with van der Waals surface area (Å²) in [6.45, 7) is 0. The van der Waals surface area contributed by atoms with Gasteiger partial charge in [0.2, 0.25) is 0 Å². The van der Waals surface area contributed by atoms with E-state index in [0.29, 0.717) is 18.7 Å². The Hall–Kier alpha value is -1.34. The third-order valence-electron chi connectivity index (χ3n) is 3.25. The van der Waals surface area contributed by atoms with Crippen LogP contribution in [0.15, 0.2) is 30.3 Å². The number of rotatable bonds is 7. The number of alkyl halides is 7. The van der Waals surface area contributed by atoms with Crippen LogP contribution in [0.5, 0.6) is 0 Å². The van der Waals surface area contributed by atoms with Crippen LogP contribution in [-0.2, 0) is 9.47 Å². The fourth-order valence-electron chi connectivity index (χ4n) is 1.94. The van der Waals surface area contributed by atoms with Crippen molar-refractivity contribution in [2.75, 3.05) is 14.2 Å². The van der Waals surface area contributed by atoms with Crippen molar-refractivity contribution in [3.8, 4) is 6.07 Å². The topological polar surface area (TPSA) is 42.2 Å². The molecule has 0 spiro atoms. The summed E-state index contributed by atoms with van der Waals surface area (Å²) < 4.78 is 102. The average Bonchev–Trinajstić information content (AvgIpc) is 2.54. The summed E-state index contributed by atoms with van der Waals surface area (Å²) in [7, 11) is 0.963. The first-order chi connectivity index (χ1) is 11.4. The zero-order chi connectivity index (χ0) is 19.5. The molecule has 1 atom stereocenters. The van der Waals surface area contributed by atoms with Crippen molar-refractivity contribution in [3.05, 3.63) is 30.3 Å². The molecule has 0 heterocycles. The maximum atomic E-state index is 14.3. The molecule has 1 aromatic carbocycles. The van der Waals surface area contributed by atoms with Crippen molar-refractivity contribution in [1.82, 2.24) is 0 Å². The molecule has 0 N–H and O–H groups in total. The molecule has 0 aliphatic heterocycles. The third kappa shape index (κ3) is 3.62. The summed E-state index contributed by atoms with van der Waals surface area (Å²) in [4.78, 5) is -2.10. The zero-order valence-electron chi connectivity index (χ0n) is 12.8. The second kappa shape index (κ2) is 7.50. The number of hydrogen-bond donors (Lipinski definition) is 0. The molecule has 11 heteroatoms. The first-order valence-electron chi connectivity index (χ1n) is 6.45. The number of benzene rings is 1. The fourth-order valence-corrected chi connectivity index (χ4v) is 4.32. The normalized spacial score (nSPS) is 14.9. The van der Waals surface area contributed by atoms with Crippen molar-refractivity contribution < 1.29 is 40.2 Å². The molecule has 0 saturated carbocycles. The Morgan fingerprint density at radius 1 is 0.920 bits per heavy atom. The van der Waals surface area contributed by atoms with Gasteiger partial charge in [-0.05, 0) is 0 Å². The van der Waals surface area contributed by atoms with Gasteiger partial charge in [-0.15, -0.1) is 0 Å². The Kier molecular flexibility index (Phi) is 6.51. The molecule has 140 valence electrons. The molecule has 1 rings (SSSR count). The minimum absolute atomic E-state index is 0.311. The first-order valence-corrected chi connectivity index (χ1v) is 8.29. The Labute approximate surface area is 144 Å². The molecule has 0 amide bonds. The van der Waals surface area contributed by atoms with Crippen LogP contribution in [0.2, 0.25) is 4.82 Å². The van der Waals surface area contributed by atoms with Gasteiger partial charge in [-0.1, -0.05) is 0 Å². The van der Waals surface area contributed by atoms with Crippen molar-refractivity contribution in [3.63, 3.8) is 0 Å². The number of ether oxygens (including phenoxy) is 2. The first kappa shape index (κ1) is 21.7. The van der Waals surface area contributed by atoms with E-state index in [4.69, 9.17) is 5.26 Å². The van der Waals surface area contributed by atoms with Gasteiger partial charge < -0.3 is 0 Å². The Morgan fingerprint density at radius 3 is 1.76 bits per heavy atom. The standard InChI is InChI=1S/C14H12F7NO2Se/c1-23-11(24-2,12(15,16)13(17,18)14(19,20)21)10(8-22)25-9-6-4-3-5-7-9/h3-7,10H,1-2H3. The molecule has 0 aromatic heterocycles. The van der Waals surface area contributed by atoms with Gasteiger partial charge in [0, 0.05) is 0 Å². The van der Waals surface area contributed by atoms with Crippen LogP contribution in [0, 0.1) is 11.3 Å². The molecule has 3 nitrogen and oxygen atoms in total. The van der Waals surface area contributed by atoms with Gasteiger partial charge in [0.15, 0.2) is 0 Å². The molecular weight excluding hydrogens is 426 g/mol. The monoisotopic (exact) mass is 439 g/mol. The van der Waals surface area contributed by atoms with E-state index in [1.54, 1.807) is 6.07 Å². The number of halogens is 7. The molecule has 0 radical (unpaired) electrons. The molecule has 0 saturated heterocycles. The zero-order valence-corrected chi connectivity index (χ0v) is 14.5. The van der Waals surface area contributed by atoms with E-state index in [2.05, 4.69) is 9.47 Å². The van der Waals surface area contributed by atoms with Gasteiger partial charge >= 0.3 is 144 Å². The van der Waals surface area contributed by atoms with E-state index in [0.717, 1.165) is 0 Å². The van der Waals surface area contributed by atoms with E-state index in [-0.39, 0.29) is 0 Å². The Balaban J connectivity index is 3.45. The van der Waals surface area contributed by atoms with Crippen LogP contribution >= 0.6 is 0 Å². The van der Waals surface area contributed by atoms with Crippen LogP contribution < -0.4 is 4.46 Å². The summed E-state index contributed by atoms with van der Waals surface area (Å²) in [6, 6.07) is 8.72. The maximum absolute atomic E-state index is 14.3. The molecule has 0 aliphatic rings. The Morgan fingerprint density at radius 2 is 1.40 bits per heavy atom. The predicted molar refractivity (Wildman–Crippen MR) is 73.9 cm³/mol. The van der Waals surface area contributed by atoms with Crippen molar-refractivity contribution in [2.24, 2.45) is 0 Å². The molecule has 0 aliphatic carbocycles. The summed E-state index contributed by atoms with van der Waals surface area (Å²) in [5.74, 6) is -16.1. The molecular formula is C14H12F7NO2Se. The third-order valence-corrected chi connectivity index (χ3v) is 5.76. The van der Waals surface area contributed by atoms with Gasteiger partial charge in [-0.2, -0.15) is 0 Å². The van der Waals surface area contributed by atoms with Crippen LogP contribution in [0.1, 0.15) is 0 Å². The number of nitriles is 1. The van der Waals surface area contributed by atoms with Gasteiger partial charge in [-0.3, -0.25) is 0 Å². The van der Waals surface area contributed by atoms with E-state index in [1.165, 1.54) is 30.3 Å². The average molecular weight is 438 g/mol. The van der Waals surface area contributed by atoms with Crippen LogP contribution in [0.4, 0.5) is 30.7 Å². The van der Waals surface area contributed by atoms with Gasteiger partial charge in [0.1, 0.15) is 0 Å². The van der Waals surface area contributed by atoms with Gasteiger partial charge in [0.05, 0.1) is 0 Å². The number of hydrogen-bond acceptors (Lipinski definition) is 3. The quantitative estimate of drug-likeness (QED) is 0.373. The Bertz CT molecular complexity index is 612. The molecule has 25 heavy (non-hydrogen) atoms. The van der Waals surface area contributed by atoms with Crippen molar-refractivity contribution >= 4 is 19.4 Å². The summed E-state index contributed by atoms with van der Waals surface area (Å²) >= 11 is -1.27. The predicted octanol–water partition coefficient (Wildman–Crippen LogP) is 3.15. The second-order valence-electron chi connectivity index (χ2n) is 4.66. The molecule has 1 unspecified atom stereocenters. The van der Waals surface area contributed by atoms with Crippen LogP contribution in [0.25, 0.3) is 0 Å². The van der Waals surface area contributed by atoms with E-state index < -0.39 is 43.6 Å². The second-order valence-corrected chi connectivity index (χ2v) is 7.13. The summed E-state index contributed by atoms with van der Waals surface area (Å²) in [5, 5.41) is 9.16. The van der Waals surface area contributed by atoms with E-state index in [1.807, 2.05) is 0 Å². The van der Waals surface area contributed by atoms with E-state index >= 15 is 0 Å². The molecule has 0 fully saturated rings. The van der Waals surface area contributed by atoms with Crippen molar-refractivity contribution in [2.45, 2.75) is 28.6 Å². The number of methoxy groups -OCH3 is 2. The van der Waals surface area contributed by atoms with Gasteiger partial charge in [-0.25, -0.2) is 0 Å². The van der Waals surface area contributed by atoms with Gasteiger partial charge in [0.25, 0.3) is 0 Å². The van der Waals surface area contributed by atoms with Crippen LogP contribution in [0.3, 0.4) is 0 Å². The summed E-state index contributed by atoms with van der Waals surface area (Å²) in [5.41, 5.74) is 0. The molecule has 0 bridgehead atoms. The van der Waals surface area contributed by atoms with Crippen molar-refractivity contribution in [1.29, 1.82) is 5.26 Å². The summed E-state index contributed by atoms with van der Waals surface area (Å²) in [6.07, 6.45) is -6.57. The van der Waals surface area contributed by atoms with E-state index in [9.17, 15) is 30.7 Å². The number of nitrogens with zero attached hydrogens (tertiary/aromatic N) is 1. The van der Waals surface area contributed by atoms with Crippen LogP contribution in [-0.4, -0.2) is 53.0 Å². The molecule has 1 aromatic rings. The fraction of sp³-hybridized carbons (Fsp3) is 0.500. The SMILES string of the molecule is COC(OC)(C(C#N)[Se]c1ccccc1)C(F)(F)C(F)(F)C(F)(F)F.